The Morgan fingerprint density at radius 2 is 2.14 bits per heavy atom. The van der Waals surface area contributed by atoms with Crippen LogP contribution in [0.4, 0.5) is 0 Å². The first kappa shape index (κ1) is 14.9. The van der Waals surface area contributed by atoms with Gasteiger partial charge in [-0.3, -0.25) is 9.69 Å². The van der Waals surface area contributed by atoms with Crippen molar-refractivity contribution in [3.05, 3.63) is 29.6 Å². The molecular formula is C16H20N4O2. The number of nitrogens with zero attached hydrogens (tertiary/aromatic N) is 3. The highest BCUT2D eigenvalue weighted by Gasteiger charge is 2.34. The summed E-state index contributed by atoms with van der Waals surface area (Å²) in [5, 5.41) is 11.8. The van der Waals surface area contributed by atoms with Crippen LogP contribution in [-0.2, 0) is 4.74 Å². The molecule has 6 heteroatoms. The molecule has 2 fully saturated rings. The van der Waals surface area contributed by atoms with Crippen LogP contribution in [0.2, 0.25) is 0 Å². The van der Waals surface area contributed by atoms with Crippen LogP contribution in [0.3, 0.4) is 0 Å². The normalized spacial score (nSPS) is 25.6. The molecule has 0 unspecified atom stereocenters. The van der Waals surface area contributed by atoms with Gasteiger partial charge in [0.15, 0.2) is 0 Å². The predicted octanol–water partition coefficient (Wildman–Crippen LogP) is 0.936. The molecule has 0 spiro atoms. The molecule has 2 aliphatic heterocycles. The lowest BCUT2D eigenvalue weighted by molar-refractivity contribution is 0.0899. The van der Waals surface area contributed by atoms with Gasteiger partial charge < -0.3 is 10.1 Å². The number of amides is 1. The molecule has 1 aromatic heterocycles. The molecule has 2 saturated heterocycles. The SMILES string of the molecule is N#Cc1ccc(C(=O)N[C@@H]2COC[C@H]2N2CCCCC2)cn1. The molecule has 2 aliphatic rings. The first-order valence-electron chi connectivity index (χ1n) is 7.77. The Morgan fingerprint density at radius 3 is 2.82 bits per heavy atom. The zero-order valence-corrected chi connectivity index (χ0v) is 12.5. The van der Waals surface area contributed by atoms with Crippen LogP contribution in [-0.4, -0.2) is 54.2 Å². The molecule has 3 heterocycles. The van der Waals surface area contributed by atoms with Crippen molar-refractivity contribution in [3.63, 3.8) is 0 Å². The van der Waals surface area contributed by atoms with E-state index in [0.29, 0.717) is 24.5 Å². The fourth-order valence-electron chi connectivity index (χ4n) is 3.14. The van der Waals surface area contributed by atoms with E-state index in [4.69, 9.17) is 10.00 Å². The maximum Gasteiger partial charge on any atom is 0.253 e. The standard InChI is InChI=1S/C16H20N4O2/c17-8-13-5-4-12(9-18-13)16(21)19-14-10-22-11-15(14)20-6-2-1-3-7-20/h4-5,9,14-15H,1-3,6-7,10-11H2,(H,19,21)/t14-,15-/m1/s1. The fourth-order valence-corrected chi connectivity index (χ4v) is 3.14. The van der Waals surface area contributed by atoms with Crippen molar-refractivity contribution in [2.45, 2.75) is 31.3 Å². The highest BCUT2D eigenvalue weighted by atomic mass is 16.5. The summed E-state index contributed by atoms with van der Waals surface area (Å²) in [6.07, 6.45) is 5.17. The molecule has 2 atom stereocenters. The highest BCUT2D eigenvalue weighted by Crippen LogP contribution is 2.19. The third kappa shape index (κ3) is 3.26. The lowest BCUT2D eigenvalue weighted by Gasteiger charge is -2.34. The minimum atomic E-state index is -0.158. The van der Waals surface area contributed by atoms with E-state index in [2.05, 4.69) is 15.2 Å². The Labute approximate surface area is 130 Å². The number of hydrogen-bond donors (Lipinski definition) is 1. The molecule has 6 nitrogen and oxygen atoms in total. The minimum Gasteiger partial charge on any atom is -0.378 e. The number of carbonyl (C=O) groups excluding carboxylic acids is 1. The molecule has 1 N–H and O–H groups in total. The third-order valence-corrected chi connectivity index (χ3v) is 4.37. The summed E-state index contributed by atoms with van der Waals surface area (Å²) < 4.78 is 5.58. The smallest absolute Gasteiger partial charge is 0.253 e. The Morgan fingerprint density at radius 1 is 1.32 bits per heavy atom. The van der Waals surface area contributed by atoms with Crippen LogP contribution < -0.4 is 5.32 Å². The van der Waals surface area contributed by atoms with Crippen LogP contribution in [0.1, 0.15) is 35.3 Å². The van der Waals surface area contributed by atoms with Gasteiger partial charge in [0.2, 0.25) is 0 Å². The van der Waals surface area contributed by atoms with Crippen LogP contribution >= 0.6 is 0 Å². The number of aromatic nitrogens is 1. The van der Waals surface area contributed by atoms with Gasteiger partial charge in [-0.1, -0.05) is 6.42 Å². The summed E-state index contributed by atoms with van der Waals surface area (Å²) in [4.78, 5) is 18.7. The Kier molecular flexibility index (Phi) is 4.66. The molecule has 3 rings (SSSR count). The largest absolute Gasteiger partial charge is 0.378 e. The van der Waals surface area contributed by atoms with Crippen LogP contribution in [0, 0.1) is 11.3 Å². The highest BCUT2D eigenvalue weighted by molar-refractivity contribution is 5.94. The maximum absolute atomic E-state index is 12.3. The maximum atomic E-state index is 12.3. The van der Waals surface area contributed by atoms with Crippen LogP contribution in [0.25, 0.3) is 0 Å². The topological polar surface area (TPSA) is 78.2 Å². The number of nitrogens with one attached hydrogen (secondary N) is 1. The molecule has 0 radical (unpaired) electrons. The van der Waals surface area contributed by atoms with Gasteiger partial charge in [0.25, 0.3) is 5.91 Å². The summed E-state index contributed by atoms with van der Waals surface area (Å²) in [7, 11) is 0. The Balaban J connectivity index is 1.63. The van der Waals surface area contributed by atoms with Gasteiger partial charge in [-0.2, -0.15) is 5.26 Å². The zero-order chi connectivity index (χ0) is 15.4. The van der Waals surface area contributed by atoms with E-state index in [1.54, 1.807) is 12.1 Å². The van der Waals surface area contributed by atoms with Gasteiger partial charge in [0.05, 0.1) is 30.9 Å². The van der Waals surface area contributed by atoms with E-state index in [9.17, 15) is 4.79 Å². The van der Waals surface area contributed by atoms with Crippen molar-refractivity contribution >= 4 is 5.91 Å². The van der Waals surface area contributed by atoms with E-state index in [1.807, 2.05) is 6.07 Å². The summed E-state index contributed by atoms with van der Waals surface area (Å²) in [6.45, 7) is 3.39. The summed E-state index contributed by atoms with van der Waals surface area (Å²) in [5.74, 6) is -0.158. The van der Waals surface area contributed by atoms with E-state index >= 15 is 0 Å². The molecule has 0 aliphatic carbocycles. The van der Waals surface area contributed by atoms with Crippen molar-refractivity contribution in [3.8, 4) is 6.07 Å². The van der Waals surface area contributed by atoms with Gasteiger partial charge in [-0.05, 0) is 38.1 Å². The molecule has 22 heavy (non-hydrogen) atoms. The van der Waals surface area contributed by atoms with E-state index < -0.39 is 0 Å². The molecule has 0 bridgehead atoms. The molecular weight excluding hydrogens is 280 g/mol. The summed E-state index contributed by atoms with van der Waals surface area (Å²) in [6, 6.07) is 5.41. The first-order chi connectivity index (χ1) is 10.8. The monoisotopic (exact) mass is 300 g/mol. The van der Waals surface area contributed by atoms with Crippen molar-refractivity contribution in [2.75, 3.05) is 26.3 Å². The van der Waals surface area contributed by atoms with Crippen molar-refractivity contribution in [1.29, 1.82) is 5.26 Å². The number of carbonyl (C=O) groups is 1. The average molecular weight is 300 g/mol. The fraction of sp³-hybridized carbons (Fsp3) is 0.562. The summed E-state index contributed by atoms with van der Waals surface area (Å²) in [5.41, 5.74) is 0.787. The lowest BCUT2D eigenvalue weighted by Crippen LogP contribution is -2.52. The number of pyridine rings is 1. The lowest BCUT2D eigenvalue weighted by atomic mass is 10.0. The Hall–Kier alpha value is -1.97. The number of ether oxygens (including phenoxy) is 1. The minimum absolute atomic E-state index is 0.0150. The first-order valence-corrected chi connectivity index (χ1v) is 7.77. The second-order valence-corrected chi connectivity index (χ2v) is 5.83. The second-order valence-electron chi connectivity index (χ2n) is 5.83. The quantitative estimate of drug-likeness (QED) is 0.898. The van der Waals surface area contributed by atoms with E-state index in [1.165, 1.54) is 25.5 Å². The Bertz CT molecular complexity index is 561. The number of nitriles is 1. The van der Waals surface area contributed by atoms with Gasteiger partial charge >= 0.3 is 0 Å². The van der Waals surface area contributed by atoms with Crippen LogP contribution in [0.5, 0.6) is 0 Å². The predicted molar refractivity (Wildman–Crippen MR) is 80.2 cm³/mol. The second kappa shape index (κ2) is 6.86. The van der Waals surface area contributed by atoms with Gasteiger partial charge in [0.1, 0.15) is 11.8 Å². The molecule has 1 amide bonds. The van der Waals surface area contributed by atoms with E-state index in [-0.39, 0.29) is 18.0 Å². The number of piperidine rings is 1. The van der Waals surface area contributed by atoms with E-state index in [0.717, 1.165) is 13.1 Å². The molecule has 1 aromatic rings. The van der Waals surface area contributed by atoms with Crippen LogP contribution in [0.15, 0.2) is 18.3 Å². The van der Waals surface area contributed by atoms with Gasteiger partial charge in [-0.15, -0.1) is 0 Å². The molecule has 116 valence electrons. The average Bonchev–Trinajstić information content (AvgIpc) is 3.04. The molecule has 0 saturated carbocycles. The number of rotatable bonds is 3. The van der Waals surface area contributed by atoms with Crippen molar-refractivity contribution < 1.29 is 9.53 Å². The van der Waals surface area contributed by atoms with Gasteiger partial charge in [-0.25, -0.2) is 4.98 Å². The zero-order valence-electron chi connectivity index (χ0n) is 12.5. The van der Waals surface area contributed by atoms with Gasteiger partial charge in [0, 0.05) is 6.20 Å². The van der Waals surface area contributed by atoms with Crippen molar-refractivity contribution in [2.24, 2.45) is 0 Å². The number of likely N-dealkylation sites (tertiary alicyclic amines) is 1. The summed E-state index contributed by atoms with van der Waals surface area (Å²) >= 11 is 0. The number of hydrogen-bond acceptors (Lipinski definition) is 5. The van der Waals surface area contributed by atoms with Crippen molar-refractivity contribution in [1.82, 2.24) is 15.2 Å². The third-order valence-electron chi connectivity index (χ3n) is 4.37. The molecule has 0 aromatic carbocycles.